The molecule has 0 spiro atoms. The van der Waals surface area contributed by atoms with Crippen LogP contribution >= 0.6 is 0 Å². The van der Waals surface area contributed by atoms with Crippen LogP contribution in [0.5, 0.6) is 0 Å². The first-order valence-electron chi connectivity index (χ1n) is 20.5. The van der Waals surface area contributed by atoms with E-state index in [4.69, 9.17) is 5.41 Å². The molecule has 0 saturated carbocycles. The van der Waals surface area contributed by atoms with Crippen LogP contribution in [0.1, 0.15) is 60.1 Å². The van der Waals surface area contributed by atoms with E-state index in [1.54, 1.807) is 0 Å². The lowest BCUT2D eigenvalue weighted by molar-refractivity contribution is 0.634. The molecule has 7 aromatic rings. The zero-order valence-corrected chi connectivity index (χ0v) is 34.2. The molecule has 0 amide bonds. The van der Waals surface area contributed by atoms with Gasteiger partial charge in [0, 0.05) is 22.9 Å². The summed E-state index contributed by atoms with van der Waals surface area (Å²) in [5, 5.41) is 14.9. The number of allylic oxidation sites excluding steroid dienone is 7. The summed E-state index contributed by atoms with van der Waals surface area (Å²) >= 11 is 0. The van der Waals surface area contributed by atoms with Crippen LogP contribution in [0.2, 0.25) is 0 Å². The molecule has 0 unspecified atom stereocenters. The van der Waals surface area contributed by atoms with Crippen molar-refractivity contribution in [2.45, 2.75) is 39.0 Å². The number of rotatable bonds is 12. The summed E-state index contributed by atoms with van der Waals surface area (Å²) in [7, 11) is 0. The van der Waals surface area contributed by atoms with Gasteiger partial charge < -0.3 is 10.7 Å². The SMILES string of the molecule is C=C(c1ccccc1)c1ccccc1C(C)(C)c1cc(-c2ccc(-c3c(N/C=C/C(=C\C(=N)C4=CC=CCC4)c4ccccc4)ccc4ccccc34)cc2)ccc1C. The number of aryl methyl sites for hydroxylation is 1. The van der Waals surface area contributed by atoms with Crippen molar-refractivity contribution in [3.63, 3.8) is 0 Å². The third-order valence-electron chi connectivity index (χ3n) is 11.7. The Hall–Kier alpha value is -7.03. The molecular weight excluding hydrogens is 713 g/mol. The van der Waals surface area contributed by atoms with Crippen molar-refractivity contribution in [1.29, 1.82) is 5.41 Å². The van der Waals surface area contributed by atoms with Crippen molar-refractivity contribution in [3.05, 3.63) is 246 Å². The fraction of sp³-hybridized carbons (Fsp3) is 0.105. The highest BCUT2D eigenvalue weighted by molar-refractivity contribution is 6.11. The molecule has 0 fully saturated rings. The fourth-order valence-corrected chi connectivity index (χ4v) is 8.39. The number of nitrogens with one attached hydrogen (secondary N) is 2. The molecule has 2 heteroatoms. The number of fused-ring (bicyclic) bond motifs is 1. The van der Waals surface area contributed by atoms with Crippen LogP contribution in [0.3, 0.4) is 0 Å². The Bertz CT molecular complexity index is 2780. The van der Waals surface area contributed by atoms with Crippen LogP contribution in [0.25, 0.3) is 44.2 Å². The maximum atomic E-state index is 8.89. The third kappa shape index (κ3) is 8.35. The summed E-state index contributed by atoms with van der Waals surface area (Å²) in [5.41, 5.74) is 16.2. The number of hydrogen-bond acceptors (Lipinski definition) is 2. The molecule has 0 bridgehead atoms. The number of benzene rings is 7. The van der Waals surface area contributed by atoms with Gasteiger partial charge in [-0.3, -0.25) is 0 Å². The largest absolute Gasteiger partial charge is 0.361 e. The van der Waals surface area contributed by atoms with E-state index in [1.165, 1.54) is 44.2 Å². The van der Waals surface area contributed by atoms with E-state index in [0.717, 1.165) is 57.5 Å². The highest BCUT2D eigenvalue weighted by Gasteiger charge is 2.28. The van der Waals surface area contributed by atoms with Crippen molar-refractivity contribution >= 4 is 33.3 Å². The van der Waals surface area contributed by atoms with Crippen molar-refractivity contribution in [1.82, 2.24) is 0 Å². The second kappa shape index (κ2) is 17.2. The van der Waals surface area contributed by atoms with Gasteiger partial charge in [-0.25, -0.2) is 0 Å². The van der Waals surface area contributed by atoms with Crippen LogP contribution in [0.15, 0.2) is 213 Å². The molecular formula is C57H50N2. The first-order chi connectivity index (χ1) is 28.8. The minimum Gasteiger partial charge on any atom is -0.361 e. The molecule has 0 atom stereocenters. The molecule has 7 aromatic carbocycles. The van der Waals surface area contributed by atoms with Gasteiger partial charge in [0.2, 0.25) is 0 Å². The lowest BCUT2D eigenvalue weighted by atomic mass is 9.72. The Balaban J connectivity index is 1.11. The van der Waals surface area contributed by atoms with Crippen molar-refractivity contribution in [3.8, 4) is 22.3 Å². The highest BCUT2D eigenvalue weighted by Crippen LogP contribution is 2.41. The van der Waals surface area contributed by atoms with Gasteiger partial charge in [-0.05, 0) is 116 Å². The molecule has 2 N–H and O–H groups in total. The standard InChI is InChI=1S/C57H50N2/c1-40-28-29-48(38-53(40)57(3,4)52-27-17-16-25-50(52)41(2)42-18-8-5-9-19-42)44-30-32-47(33-31-44)56-51-26-15-14-22-45(51)34-35-55(56)59-37-36-49(43-20-10-6-11-21-43)39-54(58)46-23-12-7-13-24-46/h5-12,14-23,25-39,58-59H,2,13,24H2,1,3-4H3/b37-36+,49-39+,58-54?. The number of anilines is 1. The van der Waals surface area contributed by atoms with Gasteiger partial charge in [-0.2, -0.15) is 0 Å². The lowest BCUT2D eigenvalue weighted by Gasteiger charge is -2.31. The predicted molar refractivity (Wildman–Crippen MR) is 254 cm³/mol. The summed E-state index contributed by atoms with van der Waals surface area (Å²) in [4.78, 5) is 0. The Morgan fingerprint density at radius 2 is 1.34 bits per heavy atom. The molecule has 0 saturated heterocycles. The van der Waals surface area contributed by atoms with E-state index in [2.05, 4.69) is 203 Å². The average molecular weight is 763 g/mol. The first kappa shape index (κ1) is 38.8. The van der Waals surface area contributed by atoms with Gasteiger partial charge in [0.25, 0.3) is 0 Å². The third-order valence-corrected chi connectivity index (χ3v) is 11.7. The maximum absolute atomic E-state index is 8.89. The summed E-state index contributed by atoms with van der Waals surface area (Å²) in [6.45, 7) is 11.4. The van der Waals surface area contributed by atoms with E-state index < -0.39 is 0 Å². The van der Waals surface area contributed by atoms with Crippen LogP contribution in [-0.2, 0) is 5.41 Å². The summed E-state index contributed by atoms with van der Waals surface area (Å²) in [5.74, 6) is 0. The average Bonchev–Trinajstić information content (AvgIpc) is 3.29. The van der Waals surface area contributed by atoms with Gasteiger partial charge in [-0.1, -0.05) is 196 Å². The zero-order valence-electron chi connectivity index (χ0n) is 34.2. The summed E-state index contributed by atoms with van der Waals surface area (Å²) in [6, 6.07) is 58.3. The molecule has 288 valence electrons. The van der Waals surface area contributed by atoms with Crippen LogP contribution in [-0.4, -0.2) is 5.71 Å². The summed E-state index contributed by atoms with van der Waals surface area (Å²) in [6.07, 6.45) is 14.2. The monoisotopic (exact) mass is 762 g/mol. The summed E-state index contributed by atoms with van der Waals surface area (Å²) < 4.78 is 0. The first-order valence-corrected chi connectivity index (χ1v) is 20.5. The van der Waals surface area contributed by atoms with Crippen LogP contribution in [0.4, 0.5) is 5.69 Å². The Labute approximate surface area is 349 Å². The van der Waals surface area contributed by atoms with Crippen molar-refractivity contribution < 1.29 is 0 Å². The van der Waals surface area contributed by atoms with Crippen LogP contribution < -0.4 is 5.32 Å². The molecule has 1 aliphatic carbocycles. The molecule has 0 aliphatic heterocycles. The van der Waals surface area contributed by atoms with E-state index in [9.17, 15) is 0 Å². The Kier molecular flexibility index (Phi) is 11.3. The quantitative estimate of drug-likeness (QED) is 0.0944. The van der Waals surface area contributed by atoms with Crippen molar-refractivity contribution in [2.75, 3.05) is 5.32 Å². The fourth-order valence-electron chi connectivity index (χ4n) is 8.39. The molecule has 0 aromatic heterocycles. The number of hydrogen-bond donors (Lipinski definition) is 2. The second-order valence-corrected chi connectivity index (χ2v) is 15.8. The zero-order chi connectivity index (χ0) is 40.8. The topological polar surface area (TPSA) is 35.9 Å². The minimum absolute atomic E-state index is 0.272. The second-order valence-electron chi connectivity index (χ2n) is 15.8. The van der Waals surface area contributed by atoms with E-state index in [1.807, 2.05) is 30.5 Å². The molecule has 8 rings (SSSR count). The molecule has 0 heterocycles. The van der Waals surface area contributed by atoms with Gasteiger partial charge in [0.05, 0.1) is 5.71 Å². The predicted octanol–water partition coefficient (Wildman–Crippen LogP) is 15.2. The van der Waals surface area contributed by atoms with Gasteiger partial charge in [-0.15, -0.1) is 0 Å². The van der Waals surface area contributed by atoms with Crippen LogP contribution in [0, 0.1) is 12.3 Å². The van der Waals surface area contributed by atoms with Gasteiger partial charge >= 0.3 is 0 Å². The Morgan fingerprint density at radius 1 is 0.678 bits per heavy atom. The van der Waals surface area contributed by atoms with E-state index in [0.29, 0.717) is 5.71 Å². The Morgan fingerprint density at radius 3 is 2.08 bits per heavy atom. The lowest BCUT2D eigenvalue weighted by Crippen LogP contribution is -2.22. The van der Waals surface area contributed by atoms with E-state index in [-0.39, 0.29) is 5.41 Å². The minimum atomic E-state index is -0.272. The smallest absolute Gasteiger partial charge is 0.0578 e. The van der Waals surface area contributed by atoms with Gasteiger partial charge in [0.1, 0.15) is 0 Å². The van der Waals surface area contributed by atoms with E-state index >= 15 is 0 Å². The molecule has 0 radical (unpaired) electrons. The molecule has 59 heavy (non-hydrogen) atoms. The molecule has 2 nitrogen and oxygen atoms in total. The van der Waals surface area contributed by atoms with Gasteiger partial charge in [0.15, 0.2) is 0 Å². The molecule has 1 aliphatic rings. The normalized spacial score (nSPS) is 13.1. The highest BCUT2D eigenvalue weighted by atomic mass is 14.8. The van der Waals surface area contributed by atoms with Crippen molar-refractivity contribution in [2.24, 2.45) is 0 Å². The maximum Gasteiger partial charge on any atom is 0.0578 e.